The van der Waals surface area contributed by atoms with Crippen molar-refractivity contribution in [2.24, 2.45) is 0 Å². The Balaban J connectivity index is 0. The SMILES string of the molecule is C=C(C=CC(=O)O)C(=O)OCC.C=CC(=O)OCCN(C)C. The van der Waals surface area contributed by atoms with Crippen molar-refractivity contribution in [1.82, 2.24) is 4.90 Å². The summed E-state index contributed by atoms with van der Waals surface area (Å²) < 4.78 is 9.26. The number of hydrogen-bond acceptors (Lipinski definition) is 6. The third kappa shape index (κ3) is 15.6. The highest BCUT2D eigenvalue weighted by molar-refractivity contribution is 5.93. The summed E-state index contributed by atoms with van der Waals surface area (Å²) in [6.07, 6.45) is 3.09. The summed E-state index contributed by atoms with van der Waals surface area (Å²) in [5.41, 5.74) is 0.0271. The number of ether oxygens (including phenoxy) is 2. The van der Waals surface area contributed by atoms with Gasteiger partial charge in [-0.15, -0.1) is 0 Å². The molecule has 0 bridgehead atoms. The van der Waals surface area contributed by atoms with E-state index in [4.69, 9.17) is 9.84 Å². The molecule has 7 nitrogen and oxygen atoms in total. The minimum absolute atomic E-state index is 0.0271. The summed E-state index contributed by atoms with van der Waals surface area (Å²) in [4.78, 5) is 33.2. The Hall–Kier alpha value is -2.41. The monoisotopic (exact) mass is 313 g/mol. The molecule has 7 heteroatoms. The molecule has 0 aromatic carbocycles. The third-order valence-corrected chi connectivity index (χ3v) is 1.91. The summed E-state index contributed by atoms with van der Waals surface area (Å²) >= 11 is 0. The molecule has 1 N–H and O–H groups in total. The number of carbonyl (C=O) groups excluding carboxylic acids is 2. The van der Waals surface area contributed by atoms with Crippen molar-refractivity contribution in [2.75, 3.05) is 33.9 Å². The van der Waals surface area contributed by atoms with Gasteiger partial charge in [-0.1, -0.05) is 13.2 Å². The largest absolute Gasteiger partial charge is 0.478 e. The van der Waals surface area contributed by atoms with Crippen LogP contribution in [0.4, 0.5) is 0 Å². The fourth-order valence-corrected chi connectivity index (χ4v) is 0.851. The van der Waals surface area contributed by atoms with Gasteiger partial charge in [0.15, 0.2) is 0 Å². The molecule has 0 aromatic rings. The van der Waals surface area contributed by atoms with Crippen LogP contribution in [0.15, 0.2) is 37.0 Å². The van der Waals surface area contributed by atoms with E-state index in [2.05, 4.69) is 17.9 Å². The zero-order valence-corrected chi connectivity index (χ0v) is 13.2. The van der Waals surface area contributed by atoms with Crippen molar-refractivity contribution in [3.05, 3.63) is 37.0 Å². The maximum absolute atomic E-state index is 10.8. The highest BCUT2D eigenvalue weighted by Crippen LogP contribution is 1.96. The molecule has 0 spiro atoms. The topological polar surface area (TPSA) is 93.1 Å². The average Bonchev–Trinajstić information content (AvgIpc) is 2.44. The summed E-state index contributed by atoms with van der Waals surface area (Å²) in [5.74, 6) is -2.09. The Morgan fingerprint density at radius 3 is 2.18 bits per heavy atom. The van der Waals surface area contributed by atoms with E-state index in [1.54, 1.807) is 6.92 Å². The molecule has 0 fully saturated rings. The fraction of sp³-hybridized carbons (Fsp3) is 0.400. The van der Waals surface area contributed by atoms with Crippen LogP contribution >= 0.6 is 0 Å². The molecule has 0 radical (unpaired) electrons. The van der Waals surface area contributed by atoms with Gasteiger partial charge in [0.25, 0.3) is 0 Å². The van der Waals surface area contributed by atoms with E-state index in [0.717, 1.165) is 24.8 Å². The molecule has 0 aliphatic heterocycles. The summed E-state index contributed by atoms with van der Waals surface area (Å²) in [6.45, 7) is 9.68. The lowest BCUT2D eigenvalue weighted by Gasteiger charge is -2.07. The van der Waals surface area contributed by atoms with Gasteiger partial charge in [-0.3, -0.25) is 0 Å². The van der Waals surface area contributed by atoms with Crippen LogP contribution in [0.2, 0.25) is 0 Å². The number of carboxylic acid groups (broad SMARTS) is 1. The zero-order valence-electron chi connectivity index (χ0n) is 13.2. The van der Waals surface area contributed by atoms with Crippen LogP contribution in [0.1, 0.15) is 6.92 Å². The number of esters is 2. The third-order valence-electron chi connectivity index (χ3n) is 1.91. The van der Waals surface area contributed by atoms with Gasteiger partial charge in [-0.25, -0.2) is 14.4 Å². The van der Waals surface area contributed by atoms with Gasteiger partial charge in [0.2, 0.25) is 0 Å². The first kappa shape index (κ1) is 21.9. The molecule has 0 amide bonds. The van der Waals surface area contributed by atoms with E-state index in [1.165, 1.54) is 0 Å². The van der Waals surface area contributed by atoms with Crippen molar-refractivity contribution in [1.29, 1.82) is 0 Å². The maximum atomic E-state index is 10.8. The van der Waals surface area contributed by atoms with Crippen LogP contribution in [0.5, 0.6) is 0 Å². The van der Waals surface area contributed by atoms with E-state index < -0.39 is 11.9 Å². The second-order valence-electron chi connectivity index (χ2n) is 4.09. The summed E-state index contributed by atoms with van der Waals surface area (Å²) in [6, 6.07) is 0. The van der Waals surface area contributed by atoms with Crippen LogP contribution < -0.4 is 0 Å². The molecule has 0 rings (SSSR count). The van der Waals surface area contributed by atoms with E-state index in [1.807, 2.05) is 19.0 Å². The molecule has 0 saturated heterocycles. The van der Waals surface area contributed by atoms with Gasteiger partial charge in [-0.2, -0.15) is 0 Å². The van der Waals surface area contributed by atoms with Gasteiger partial charge in [0.05, 0.1) is 12.2 Å². The molecule has 0 aliphatic rings. The van der Waals surface area contributed by atoms with E-state index in [0.29, 0.717) is 6.61 Å². The summed E-state index contributed by atoms with van der Waals surface area (Å²) in [7, 11) is 3.84. The quantitative estimate of drug-likeness (QED) is 0.406. The Bertz CT molecular complexity index is 426. The van der Waals surface area contributed by atoms with Crippen LogP contribution in [-0.2, 0) is 23.9 Å². The number of likely N-dealkylation sites (N-methyl/N-ethyl adjacent to an activating group) is 1. The Kier molecular flexibility index (Phi) is 13.5. The van der Waals surface area contributed by atoms with Crippen molar-refractivity contribution < 1.29 is 29.0 Å². The molecule has 22 heavy (non-hydrogen) atoms. The van der Waals surface area contributed by atoms with Gasteiger partial charge < -0.3 is 19.5 Å². The molecule has 0 atom stereocenters. The van der Waals surface area contributed by atoms with Crippen molar-refractivity contribution in [3.8, 4) is 0 Å². The van der Waals surface area contributed by atoms with Crippen LogP contribution in [0, 0.1) is 0 Å². The fourth-order valence-electron chi connectivity index (χ4n) is 0.851. The maximum Gasteiger partial charge on any atom is 0.337 e. The van der Waals surface area contributed by atoms with E-state index in [9.17, 15) is 14.4 Å². The molecule has 0 aromatic heterocycles. The number of carbonyl (C=O) groups is 3. The molecule has 0 unspecified atom stereocenters. The van der Waals surface area contributed by atoms with Gasteiger partial charge in [0.1, 0.15) is 6.61 Å². The lowest BCUT2D eigenvalue weighted by atomic mass is 10.3. The van der Waals surface area contributed by atoms with E-state index >= 15 is 0 Å². The van der Waals surface area contributed by atoms with Crippen molar-refractivity contribution in [2.45, 2.75) is 6.92 Å². The molecule has 0 aliphatic carbocycles. The predicted octanol–water partition coefficient (Wildman–Crippen LogP) is 1.02. The number of hydrogen-bond donors (Lipinski definition) is 1. The highest BCUT2D eigenvalue weighted by Gasteiger charge is 2.03. The smallest absolute Gasteiger partial charge is 0.337 e. The first-order valence-electron chi connectivity index (χ1n) is 6.45. The number of rotatable bonds is 8. The van der Waals surface area contributed by atoms with Crippen molar-refractivity contribution in [3.63, 3.8) is 0 Å². The van der Waals surface area contributed by atoms with Gasteiger partial charge >= 0.3 is 17.9 Å². The zero-order chi connectivity index (χ0) is 17.5. The average molecular weight is 313 g/mol. The lowest BCUT2D eigenvalue weighted by molar-refractivity contribution is -0.138. The molecular weight excluding hydrogens is 290 g/mol. The molecule has 0 heterocycles. The van der Waals surface area contributed by atoms with Gasteiger partial charge in [0, 0.05) is 18.7 Å². The Labute approximate surface area is 130 Å². The Morgan fingerprint density at radius 1 is 1.18 bits per heavy atom. The standard InChI is InChI=1S/C8H10O4.C7H13NO2/c1-3-12-8(11)6(2)4-5-7(9)10;1-4-7(9)10-6-5-8(2)3/h4-5H,2-3H2,1H3,(H,9,10);4H,1,5-6H2,2-3H3. The first-order chi connectivity index (χ1) is 10.2. The number of aliphatic carboxylic acids is 1. The van der Waals surface area contributed by atoms with Crippen LogP contribution in [0.25, 0.3) is 0 Å². The second kappa shape index (κ2) is 13.6. The molecule has 124 valence electrons. The van der Waals surface area contributed by atoms with Crippen LogP contribution in [-0.4, -0.2) is 61.8 Å². The molecule has 0 saturated carbocycles. The van der Waals surface area contributed by atoms with Crippen LogP contribution in [0.3, 0.4) is 0 Å². The normalized spacial score (nSPS) is 9.64. The first-order valence-corrected chi connectivity index (χ1v) is 6.45. The Morgan fingerprint density at radius 2 is 1.77 bits per heavy atom. The minimum atomic E-state index is -1.12. The van der Waals surface area contributed by atoms with E-state index in [-0.39, 0.29) is 18.1 Å². The van der Waals surface area contributed by atoms with Gasteiger partial charge in [-0.05, 0) is 27.1 Å². The highest BCUT2D eigenvalue weighted by atomic mass is 16.5. The molecular formula is C15H23NO6. The number of carboxylic acids is 1. The number of nitrogens with zero attached hydrogens (tertiary/aromatic N) is 1. The lowest BCUT2D eigenvalue weighted by Crippen LogP contribution is -2.19. The minimum Gasteiger partial charge on any atom is -0.478 e. The van der Waals surface area contributed by atoms with Crippen molar-refractivity contribution >= 4 is 17.9 Å². The second-order valence-corrected chi connectivity index (χ2v) is 4.09. The predicted molar refractivity (Wildman–Crippen MR) is 82.3 cm³/mol. The summed E-state index contributed by atoms with van der Waals surface area (Å²) in [5, 5.41) is 8.19.